The molecule has 1 aliphatic heterocycles. The predicted molar refractivity (Wildman–Crippen MR) is 81.8 cm³/mol. The van der Waals surface area contributed by atoms with Crippen molar-refractivity contribution < 1.29 is 23.8 Å². The van der Waals surface area contributed by atoms with Crippen molar-refractivity contribution in [3.05, 3.63) is 47.8 Å². The molecule has 0 aliphatic carbocycles. The van der Waals surface area contributed by atoms with Gasteiger partial charge in [-0.25, -0.2) is 9.18 Å². The Bertz CT molecular complexity index is 791. The van der Waals surface area contributed by atoms with Crippen LogP contribution in [-0.4, -0.2) is 47.2 Å². The van der Waals surface area contributed by atoms with Crippen LogP contribution in [0.4, 0.5) is 4.39 Å². The van der Waals surface area contributed by atoms with Gasteiger partial charge in [-0.2, -0.15) is 0 Å². The van der Waals surface area contributed by atoms with Gasteiger partial charge in [-0.15, -0.1) is 0 Å². The van der Waals surface area contributed by atoms with E-state index in [9.17, 15) is 19.1 Å². The monoisotopic (exact) mass is 317 g/mol. The second-order valence-electron chi connectivity index (χ2n) is 5.75. The number of nitrogens with zero attached hydrogens (tertiary/aromatic N) is 1. The Balaban J connectivity index is 1.98. The van der Waals surface area contributed by atoms with E-state index >= 15 is 0 Å². The van der Waals surface area contributed by atoms with E-state index in [0.29, 0.717) is 22.9 Å². The van der Waals surface area contributed by atoms with Gasteiger partial charge in [0.05, 0.1) is 13.2 Å². The first kappa shape index (κ1) is 15.4. The Hall–Kier alpha value is -2.47. The fraction of sp³-hybridized carbons (Fsp3) is 0.294. The summed E-state index contributed by atoms with van der Waals surface area (Å²) in [5, 5.41) is 10.1. The molecule has 23 heavy (non-hydrogen) atoms. The first-order chi connectivity index (χ1) is 10.9. The molecule has 120 valence electrons. The zero-order valence-electron chi connectivity index (χ0n) is 12.6. The summed E-state index contributed by atoms with van der Waals surface area (Å²) in [5.74, 6) is -1.83. The summed E-state index contributed by atoms with van der Waals surface area (Å²) in [5.41, 5.74) is -1.07. The molecule has 1 heterocycles. The molecule has 1 aliphatic rings. The van der Waals surface area contributed by atoms with E-state index in [-0.39, 0.29) is 19.1 Å². The maximum atomic E-state index is 13.9. The molecule has 2 aromatic carbocycles. The van der Waals surface area contributed by atoms with Gasteiger partial charge < -0.3 is 14.7 Å². The number of aliphatic carboxylic acids is 1. The van der Waals surface area contributed by atoms with Crippen LogP contribution >= 0.6 is 0 Å². The number of hydrogen-bond donors (Lipinski definition) is 1. The Kier molecular flexibility index (Phi) is 3.77. The van der Waals surface area contributed by atoms with Gasteiger partial charge in [0.1, 0.15) is 5.82 Å². The number of carboxylic acid groups (broad SMARTS) is 1. The molecule has 1 N–H and O–H groups in total. The van der Waals surface area contributed by atoms with E-state index in [1.54, 1.807) is 24.3 Å². The molecule has 1 fully saturated rings. The number of rotatable bonds is 2. The van der Waals surface area contributed by atoms with E-state index in [1.807, 2.05) is 0 Å². The van der Waals surface area contributed by atoms with Crippen molar-refractivity contribution >= 4 is 22.6 Å². The number of carboxylic acids is 1. The SMILES string of the molecule is CC1(C(=O)O)CN(C(=O)c2ccc(F)c3ccccc23)CCO1. The quantitative estimate of drug-likeness (QED) is 0.923. The molecule has 1 unspecified atom stereocenters. The first-order valence-electron chi connectivity index (χ1n) is 7.26. The fourth-order valence-corrected chi connectivity index (χ4v) is 2.79. The van der Waals surface area contributed by atoms with Crippen molar-refractivity contribution in [2.45, 2.75) is 12.5 Å². The minimum Gasteiger partial charge on any atom is -0.479 e. The number of amides is 1. The first-order valence-corrected chi connectivity index (χ1v) is 7.26. The second-order valence-corrected chi connectivity index (χ2v) is 5.75. The van der Waals surface area contributed by atoms with Crippen molar-refractivity contribution in [1.82, 2.24) is 4.90 Å². The van der Waals surface area contributed by atoms with Crippen molar-refractivity contribution in [3.8, 4) is 0 Å². The number of hydrogen-bond acceptors (Lipinski definition) is 3. The smallest absolute Gasteiger partial charge is 0.337 e. The van der Waals surface area contributed by atoms with E-state index < -0.39 is 17.4 Å². The van der Waals surface area contributed by atoms with Crippen LogP contribution in [-0.2, 0) is 9.53 Å². The van der Waals surface area contributed by atoms with Crippen molar-refractivity contribution in [1.29, 1.82) is 0 Å². The third-order valence-electron chi connectivity index (χ3n) is 4.12. The van der Waals surface area contributed by atoms with E-state index in [2.05, 4.69) is 0 Å². The number of halogens is 1. The zero-order chi connectivity index (χ0) is 16.6. The van der Waals surface area contributed by atoms with Gasteiger partial charge in [-0.05, 0) is 24.4 Å². The van der Waals surface area contributed by atoms with Gasteiger partial charge in [-0.1, -0.05) is 24.3 Å². The van der Waals surface area contributed by atoms with Gasteiger partial charge in [-0.3, -0.25) is 4.79 Å². The highest BCUT2D eigenvalue weighted by atomic mass is 19.1. The van der Waals surface area contributed by atoms with E-state index in [4.69, 9.17) is 4.74 Å². The van der Waals surface area contributed by atoms with Crippen molar-refractivity contribution in [3.63, 3.8) is 0 Å². The standard InChI is InChI=1S/C17H16FNO4/c1-17(16(21)22)10-19(8-9-23-17)15(20)13-6-7-14(18)12-5-3-2-4-11(12)13/h2-7H,8-10H2,1H3,(H,21,22). The molecule has 1 atom stereocenters. The van der Waals surface area contributed by atoms with Crippen LogP contribution in [0.2, 0.25) is 0 Å². The Labute approximate surface area is 132 Å². The maximum Gasteiger partial charge on any atom is 0.337 e. The molecule has 1 saturated heterocycles. The van der Waals surface area contributed by atoms with Gasteiger partial charge in [0.15, 0.2) is 5.60 Å². The minimum absolute atomic E-state index is 0.0487. The number of carbonyl (C=O) groups excluding carboxylic acids is 1. The highest BCUT2D eigenvalue weighted by Crippen LogP contribution is 2.25. The lowest BCUT2D eigenvalue weighted by molar-refractivity contribution is -0.171. The zero-order valence-corrected chi connectivity index (χ0v) is 12.6. The number of ether oxygens (including phenoxy) is 1. The van der Waals surface area contributed by atoms with Crippen LogP contribution in [0, 0.1) is 5.82 Å². The molecule has 0 saturated carbocycles. The summed E-state index contributed by atoms with van der Waals surface area (Å²) in [6, 6.07) is 9.43. The van der Waals surface area contributed by atoms with Gasteiger partial charge >= 0.3 is 5.97 Å². The minimum atomic E-state index is -1.43. The van der Waals surface area contributed by atoms with Crippen molar-refractivity contribution in [2.75, 3.05) is 19.7 Å². The molecule has 5 nitrogen and oxygen atoms in total. The molecular weight excluding hydrogens is 301 g/mol. The van der Waals surface area contributed by atoms with Crippen LogP contribution in [0.5, 0.6) is 0 Å². The third kappa shape index (κ3) is 2.66. The number of fused-ring (bicyclic) bond motifs is 1. The lowest BCUT2D eigenvalue weighted by Crippen LogP contribution is -2.56. The average molecular weight is 317 g/mol. The number of morpholine rings is 1. The Morgan fingerprint density at radius 3 is 2.61 bits per heavy atom. The molecule has 1 amide bonds. The lowest BCUT2D eigenvalue weighted by atomic mass is 10.0. The lowest BCUT2D eigenvalue weighted by Gasteiger charge is -2.37. The summed E-state index contributed by atoms with van der Waals surface area (Å²) < 4.78 is 19.2. The van der Waals surface area contributed by atoms with Gasteiger partial charge in [0.25, 0.3) is 5.91 Å². The third-order valence-corrected chi connectivity index (χ3v) is 4.12. The number of benzene rings is 2. The average Bonchev–Trinajstić information content (AvgIpc) is 2.55. The van der Waals surface area contributed by atoms with Crippen LogP contribution in [0.1, 0.15) is 17.3 Å². The van der Waals surface area contributed by atoms with Crippen LogP contribution in [0.3, 0.4) is 0 Å². The Morgan fingerprint density at radius 1 is 1.22 bits per heavy atom. The summed E-state index contributed by atoms with van der Waals surface area (Å²) >= 11 is 0. The normalized spacial score (nSPS) is 21.4. The molecular formula is C17H16FNO4. The van der Waals surface area contributed by atoms with Crippen LogP contribution < -0.4 is 0 Å². The summed E-state index contributed by atoms with van der Waals surface area (Å²) in [4.78, 5) is 25.6. The predicted octanol–water partition coefficient (Wildman–Crippen LogP) is 2.29. The molecule has 0 spiro atoms. The highest BCUT2D eigenvalue weighted by molar-refractivity contribution is 6.07. The maximum absolute atomic E-state index is 13.9. The topological polar surface area (TPSA) is 66.8 Å². The highest BCUT2D eigenvalue weighted by Gasteiger charge is 2.41. The van der Waals surface area contributed by atoms with Crippen molar-refractivity contribution in [2.24, 2.45) is 0 Å². The second kappa shape index (κ2) is 5.62. The fourth-order valence-electron chi connectivity index (χ4n) is 2.79. The van der Waals surface area contributed by atoms with Gasteiger partial charge in [0.2, 0.25) is 0 Å². The molecule has 0 radical (unpaired) electrons. The molecule has 0 bridgehead atoms. The van der Waals surface area contributed by atoms with Gasteiger partial charge in [0, 0.05) is 17.5 Å². The summed E-state index contributed by atoms with van der Waals surface area (Å²) in [6.45, 7) is 1.84. The Morgan fingerprint density at radius 2 is 1.91 bits per heavy atom. The van der Waals surface area contributed by atoms with E-state index in [1.165, 1.54) is 24.0 Å². The molecule has 6 heteroatoms. The number of carbonyl (C=O) groups is 2. The van der Waals surface area contributed by atoms with Crippen LogP contribution in [0.25, 0.3) is 10.8 Å². The molecule has 3 rings (SSSR count). The van der Waals surface area contributed by atoms with Crippen LogP contribution in [0.15, 0.2) is 36.4 Å². The largest absolute Gasteiger partial charge is 0.479 e. The summed E-state index contributed by atoms with van der Waals surface area (Å²) in [6.07, 6.45) is 0. The summed E-state index contributed by atoms with van der Waals surface area (Å²) in [7, 11) is 0. The molecule has 0 aromatic heterocycles. The van der Waals surface area contributed by atoms with E-state index in [0.717, 1.165) is 0 Å². The molecule has 2 aromatic rings.